The maximum Gasteiger partial charge on any atom is 0.241 e. The quantitative estimate of drug-likeness (QED) is 0.533. The van der Waals surface area contributed by atoms with Crippen LogP contribution < -0.4 is 33.8 Å². The molecule has 112 valence electrons. The summed E-state index contributed by atoms with van der Waals surface area (Å²) >= 11 is 5.42. The number of aromatic nitrogens is 1. The lowest BCUT2D eigenvalue weighted by Crippen LogP contribution is -3.00. The first-order valence-corrected chi connectivity index (χ1v) is 6.71. The number of alkyl halides is 1. The highest BCUT2D eigenvalue weighted by Gasteiger charge is 2.17. The molecule has 1 unspecified atom stereocenters. The van der Waals surface area contributed by atoms with Gasteiger partial charge in [0.15, 0.2) is 0 Å². The zero-order valence-electron chi connectivity index (χ0n) is 10.9. The molecule has 0 aliphatic carbocycles. The van der Waals surface area contributed by atoms with E-state index in [4.69, 9.17) is 22.1 Å². The molecule has 6 nitrogen and oxygen atoms in total. The number of anilines is 3. The minimum absolute atomic E-state index is 0. The number of carbonyl (C=O) groups is 1. The number of halogens is 2. The van der Waals surface area contributed by atoms with Gasteiger partial charge in [-0.05, 0) is 12.5 Å². The number of H-pyrrole nitrogens is 1. The number of carbonyl (C=O) groups excluding carboxylic acids is 1. The lowest BCUT2D eigenvalue weighted by molar-refractivity contribution is -0.342. The minimum atomic E-state index is -0.286. The first-order chi connectivity index (χ1) is 9.19. The van der Waals surface area contributed by atoms with Gasteiger partial charge in [0.05, 0.1) is 13.2 Å². The fourth-order valence-corrected chi connectivity index (χ4v) is 1.97. The smallest absolute Gasteiger partial charge is 0.241 e. The van der Waals surface area contributed by atoms with Crippen LogP contribution >= 0.6 is 11.6 Å². The summed E-state index contributed by atoms with van der Waals surface area (Å²) in [6.45, 7) is 2.47. The average Bonchev–Trinajstić information content (AvgIpc) is 2.92. The van der Waals surface area contributed by atoms with Crippen LogP contribution in [-0.4, -0.2) is 31.5 Å². The van der Waals surface area contributed by atoms with Gasteiger partial charge in [-0.25, -0.2) is 4.98 Å². The fraction of sp³-hybridized carbons (Fsp3) is 0.500. The van der Waals surface area contributed by atoms with Gasteiger partial charge in [0.1, 0.15) is 11.6 Å². The zero-order chi connectivity index (χ0) is 13.7. The Labute approximate surface area is 128 Å². The van der Waals surface area contributed by atoms with E-state index < -0.39 is 0 Å². The van der Waals surface area contributed by atoms with Crippen LogP contribution in [0.3, 0.4) is 0 Å². The van der Waals surface area contributed by atoms with Crippen molar-refractivity contribution in [1.29, 1.82) is 0 Å². The molecule has 0 bridgehead atoms. The molecule has 1 amide bonds. The summed E-state index contributed by atoms with van der Waals surface area (Å²) in [4.78, 5) is 14.2. The molecule has 5 N–H and O–H groups in total. The Balaban J connectivity index is 0.00000200. The molecule has 20 heavy (non-hydrogen) atoms. The van der Waals surface area contributed by atoms with Crippen LogP contribution in [0.2, 0.25) is 0 Å². The molecular formula is C12H18Cl2N4O2. The molecule has 1 aromatic heterocycles. The van der Waals surface area contributed by atoms with Gasteiger partial charge in [-0.15, -0.1) is 11.6 Å². The van der Waals surface area contributed by atoms with Crippen LogP contribution in [0.5, 0.6) is 0 Å². The third kappa shape index (κ3) is 4.70. The molecule has 1 aliphatic heterocycles. The molecule has 1 aromatic rings. The number of nitrogens with two attached hydrogens (primary N) is 1. The van der Waals surface area contributed by atoms with E-state index >= 15 is 0 Å². The minimum Gasteiger partial charge on any atom is -1.00 e. The van der Waals surface area contributed by atoms with Crippen LogP contribution in [0.25, 0.3) is 0 Å². The molecule has 2 rings (SSSR count). The van der Waals surface area contributed by atoms with Gasteiger partial charge in [-0.1, -0.05) is 0 Å². The molecule has 2 heterocycles. The molecule has 0 saturated carbocycles. The first-order valence-electron chi connectivity index (χ1n) is 6.18. The first kappa shape index (κ1) is 16.8. The highest BCUT2D eigenvalue weighted by atomic mass is 35.5. The number of ether oxygens (including phenoxy) is 1. The van der Waals surface area contributed by atoms with Crippen LogP contribution in [0, 0.1) is 5.92 Å². The number of amides is 1. The van der Waals surface area contributed by atoms with Gasteiger partial charge in [-0.2, -0.15) is 0 Å². The number of rotatable bonds is 5. The number of nitrogen functional groups attached to an aromatic ring is 1. The molecule has 0 radical (unpaired) electrons. The van der Waals surface area contributed by atoms with Gasteiger partial charge in [0, 0.05) is 18.6 Å². The van der Waals surface area contributed by atoms with E-state index in [1.54, 1.807) is 6.07 Å². The Kier molecular flexibility index (Phi) is 6.84. The molecule has 1 atom stereocenters. The lowest BCUT2D eigenvalue weighted by Gasteiger charge is -2.08. The van der Waals surface area contributed by atoms with Crippen molar-refractivity contribution < 1.29 is 26.9 Å². The maximum absolute atomic E-state index is 11.2. The number of nitrogens with one attached hydrogen (secondary N) is 3. The SMILES string of the molecule is Nc1[nH+]c(NCC2CCOC2)ccc1NC(=O)CCl.[Cl-]. The van der Waals surface area contributed by atoms with Crippen molar-refractivity contribution in [2.45, 2.75) is 6.42 Å². The second-order valence-electron chi connectivity index (χ2n) is 4.49. The normalized spacial score (nSPS) is 17.4. The number of hydrogen-bond donors (Lipinski definition) is 3. The second-order valence-corrected chi connectivity index (χ2v) is 4.76. The Morgan fingerprint density at radius 1 is 1.55 bits per heavy atom. The largest absolute Gasteiger partial charge is 1.00 e. The Hall–Kier alpha value is -1.24. The van der Waals surface area contributed by atoms with Crippen LogP contribution in [0.1, 0.15) is 6.42 Å². The van der Waals surface area contributed by atoms with Gasteiger partial charge in [0.25, 0.3) is 0 Å². The fourth-order valence-electron chi connectivity index (χ4n) is 1.90. The lowest BCUT2D eigenvalue weighted by atomic mass is 10.1. The van der Waals surface area contributed by atoms with Crippen molar-refractivity contribution in [2.75, 3.05) is 42.0 Å². The van der Waals surface area contributed by atoms with Crippen molar-refractivity contribution in [1.82, 2.24) is 0 Å². The Bertz CT molecular complexity index is 453. The highest BCUT2D eigenvalue weighted by Crippen LogP contribution is 2.16. The maximum atomic E-state index is 11.2. The third-order valence-electron chi connectivity index (χ3n) is 2.98. The summed E-state index contributed by atoms with van der Waals surface area (Å²) < 4.78 is 5.31. The van der Waals surface area contributed by atoms with Gasteiger partial charge in [0.2, 0.25) is 17.5 Å². The molecule has 1 fully saturated rings. The molecule has 1 saturated heterocycles. The van der Waals surface area contributed by atoms with Crippen molar-refractivity contribution in [3.8, 4) is 0 Å². The Morgan fingerprint density at radius 3 is 2.95 bits per heavy atom. The zero-order valence-corrected chi connectivity index (χ0v) is 12.4. The predicted molar refractivity (Wildman–Crippen MR) is 74.2 cm³/mol. The van der Waals surface area contributed by atoms with Crippen LogP contribution in [0.4, 0.5) is 17.3 Å². The monoisotopic (exact) mass is 320 g/mol. The van der Waals surface area contributed by atoms with E-state index in [0.29, 0.717) is 17.4 Å². The molecule has 1 aliphatic rings. The van der Waals surface area contributed by atoms with Gasteiger partial charge in [-0.3, -0.25) is 4.79 Å². The number of hydrogen-bond acceptors (Lipinski definition) is 4. The van der Waals surface area contributed by atoms with Crippen molar-refractivity contribution in [3.05, 3.63) is 12.1 Å². The van der Waals surface area contributed by atoms with E-state index in [9.17, 15) is 4.79 Å². The number of pyridine rings is 1. The summed E-state index contributed by atoms with van der Waals surface area (Å²) in [6.07, 6.45) is 1.08. The summed E-state index contributed by atoms with van der Waals surface area (Å²) in [5.74, 6) is 1.36. The Morgan fingerprint density at radius 2 is 2.35 bits per heavy atom. The highest BCUT2D eigenvalue weighted by molar-refractivity contribution is 6.29. The van der Waals surface area contributed by atoms with Gasteiger partial charge < -0.3 is 33.5 Å². The average molecular weight is 321 g/mol. The van der Waals surface area contributed by atoms with E-state index in [1.807, 2.05) is 6.07 Å². The van der Waals surface area contributed by atoms with Gasteiger partial charge >= 0.3 is 0 Å². The van der Waals surface area contributed by atoms with Crippen molar-refractivity contribution >= 4 is 34.8 Å². The summed E-state index contributed by atoms with van der Waals surface area (Å²) in [7, 11) is 0. The van der Waals surface area contributed by atoms with Crippen molar-refractivity contribution in [2.24, 2.45) is 5.92 Å². The third-order valence-corrected chi connectivity index (χ3v) is 3.22. The van der Waals surface area contributed by atoms with Crippen LogP contribution in [0.15, 0.2) is 12.1 Å². The van der Waals surface area contributed by atoms with E-state index in [1.165, 1.54) is 0 Å². The van der Waals surface area contributed by atoms with E-state index in [2.05, 4.69) is 15.6 Å². The van der Waals surface area contributed by atoms with E-state index in [0.717, 1.165) is 32.0 Å². The van der Waals surface area contributed by atoms with Crippen LogP contribution in [-0.2, 0) is 9.53 Å². The summed E-state index contributed by atoms with van der Waals surface area (Å²) in [6, 6.07) is 3.57. The molecule has 0 spiro atoms. The van der Waals surface area contributed by atoms with Crippen molar-refractivity contribution in [3.63, 3.8) is 0 Å². The summed E-state index contributed by atoms with van der Waals surface area (Å²) in [5, 5.41) is 5.88. The molecule has 8 heteroatoms. The summed E-state index contributed by atoms with van der Waals surface area (Å²) in [5.41, 5.74) is 6.36. The molecular weight excluding hydrogens is 303 g/mol. The van der Waals surface area contributed by atoms with E-state index in [-0.39, 0.29) is 24.2 Å². The number of aromatic amines is 1. The topological polar surface area (TPSA) is 90.5 Å². The standard InChI is InChI=1S/C12H17ClN4O2.ClH/c13-5-11(18)16-9-1-2-10(17-12(9)14)15-6-8-3-4-19-7-8;/h1-2,8H,3-7H2,(H,16,18)(H3,14,15,17);1H. The second kappa shape index (κ2) is 8.14. The predicted octanol–water partition coefficient (Wildman–Crippen LogP) is -2.29. The molecule has 0 aromatic carbocycles.